The van der Waals surface area contributed by atoms with Gasteiger partial charge in [-0.2, -0.15) is 0 Å². The molecule has 0 saturated carbocycles. The highest BCUT2D eigenvalue weighted by Crippen LogP contribution is 2.06. The molecule has 0 bridgehead atoms. The Morgan fingerprint density at radius 1 is 1.47 bits per heavy atom. The van der Waals surface area contributed by atoms with Gasteiger partial charge in [0.15, 0.2) is 17.3 Å². The number of rotatable bonds is 3. The van der Waals surface area contributed by atoms with E-state index in [9.17, 15) is 0 Å². The fraction of sp³-hybridized carbons (Fsp3) is 0.111. The van der Waals surface area contributed by atoms with Gasteiger partial charge < -0.3 is 10.5 Å². The van der Waals surface area contributed by atoms with Crippen molar-refractivity contribution < 1.29 is 4.63 Å². The van der Waals surface area contributed by atoms with Crippen LogP contribution in [-0.4, -0.2) is 21.1 Å². The molecule has 0 radical (unpaired) electrons. The lowest BCUT2D eigenvalue weighted by Crippen LogP contribution is -2.17. The highest BCUT2D eigenvalue weighted by Gasteiger charge is 2.12. The quantitative estimate of drug-likeness (QED) is 0.415. The van der Waals surface area contributed by atoms with Crippen molar-refractivity contribution in [3.63, 3.8) is 0 Å². The van der Waals surface area contributed by atoms with Gasteiger partial charge in [0.1, 0.15) is 0 Å². The number of hydrogen-bond acceptors (Lipinski definition) is 7. The summed E-state index contributed by atoms with van der Waals surface area (Å²) in [6.45, 7) is 0.385. The number of nitrogens with two attached hydrogens (primary N) is 1. The minimum Gasteiger partial charge on any atom is -0.379 e. The SMILES string of the molecule is Nc1nonc1C(=NCc1ccccn1)NS. The summed E-state index contributed by atoms with van der Waals surface area (Å²) in [6.07, 6.45) is 1.70. The number of nitrogens with zero attached hydrogens (tertiary/aromatic N) is 4. The van der Waals surface area contributed by atoms with Crippen molar-refractivity contribution >= 4 is 24.5 Å². The van der Waals surface area contributed by atoms with E-state index in [4.69, 9.17) is 5.73 Å². The Kier molecular flexibility index (Phi) is 3.55. The van der Waals surface area contributed by atoms with Crippen molar-refractivity contribution in [2.75, 3.05) is 5.73 Å². The van der Waals surface area contributed by atoms with Crippen LogP contribution in [0.2, 0.25) is 0 Å². The van der Waals surface area contributed by atoms with E-state index in [1.807, 2.05) is 18.2 Å². The molecule has 0 aliphatic carbocycles. The fourth-order valence-corrected chi connectivity index (χ4v) is 1.35. The molecule has 0 unspecified atom stereocenters. The van der Waals surface area contributed by atoms with Crippen LogP contribution in [0.3, 0.4) is 0 Å². The second kappa shape index (κ2) is 5.30. The molecule has 0 spiro atoms. The molecule has 8 heteroatoms. The highest BCUT2D eigenvalue weighted by atomic mass is 32.1. The Balaban J connectivity index is 2.17. The Morgan fingerprint density at radius 3 is 2.94 bits per heavy atom. The van der Waals surface area contributed by atoms with Crippen LogP contribution in [-0.2, 0) is 6.54 Å². The van der Waals surface area contributed by atoms with E-state index >= 15 is 0 Å². The maximum absolute atomic E-state index is 5.55. The van der Waals surface area contributed by atoms with Gasteiger partial charge in [-0.25, -0.2) is 4.63 Å². The Labute approximate surface area is 103 Å². The first-order valence-electron chi connectivity index (χ1n) is 4.74. The molecule has 3 N–H and O–H groups in total. The van der Waals surface area contributed by atoms with Crippen molar-refractivity contribution in [1.29, 1.82) is 0 Å². The van der Waals surface area contributed by atoms with Gasteiger partial charge in [0.25, 0.3) is 0 Å². The minimum atomic E-state index is 0.159. The van der Waals surface area contributed by atoms with E-state index in [-0.39, 0.29) is 5.82 Å². The number of nitrogens with one attached hydrogen (secondary N) is 1. The largest absolute Gasteiger partial charge is 0.379 e. The third kappa shape index (κ3) is 2.72. The molecule has 88 valence electrons. The van der Waals surface area contributed by atoms with Crippen molar-refractivity contribution in [1.82, 2.24) is 20.0 Å². The van der Waals surface area contributed by atoms with Crippen LogP contribution in [0.5, 0.6) is 0 Å². The van der Waals surface area contributed by atoms with Gasteiger partial charge in [0.2, 0.25) is 0 Å². The van der Waals surface area contributed by atoms with Crippen molar-refractivity contribution in [3.8, 4) is 0 Å². The Morgan fingerprint density at radius 2 is 2.35 bits per heavy atom. The van der Waals surface area contributed by atoms with E-state index in [0.29, 0.717) is 18.1 Å². The van der Waals surface area contributed by atoms with Crippen LogP contribution in [0.25, 0.3) is 0 Å². The minimum absolute atomic E-state index is 0.159. The van der Waals surface area contributed by atoms with Gasteiger partial charge in [0.05, 0.1) is 12.2 Å². The fourth-order valence-electron chi connectivity index (χ4n) is 1.17. The zero-order valence-electron chi connectivity index (χ0n) is 8.74. The second-order valence-electron chi connectivity index (χ2n) is 3.10. The highest BCUT2D eigenvalue weighted by molar-refractivity contribution is 7.78. The number of nitrogen functional groups attached to an aromatic ring is 1. The van der Waals surface area contributed by atoms with Crippen molar-refractivity contribution in [2.45, 2.75) is 6.54 Å². The number of amidine groups is 1. The van der Waals surface area contributed by atoms with Crippen LogP contribution in [0.4, 0.5) is 5.82 Å². The summed E-state index contributed by atoms with van der Waals surface area (Å²) in [5.74, 6) is 0.545. The summed E-state index contributed by atoms with van der Waals surface area (Å²) in [5.41, 5.74) is 6.70. The van der Waals surface area contributed by atoms with Gasteiger partial charge in [0, 0.05) is 6.20 Å². The first-order valence-corrected chi connectivity index (χ1v) is 5.19. The smallest absolute Gasteiger partial charge is 0.199 e. The standard InChI is InChI=1S/C9H10N6OS/c10-8-7(13-16-14-8)9(15-17)12-5-6-3-1-2-4-11-6/h1-4,17H,5H2,(H2,10,14)(H,12,15). The molecule has 0 atom stereocenters. The lowest BCUT2D eigenvalue weighted by molar-refractivity contribution is 0.308. The van der Waals surface area contributed by atoms with E-state index in [1.54, 1.807) is 6.20 Å². The lowest BCUT2D eigenvalue weighted by Gasteiger charge is -2.01. The molecule has 2 aromatic rings. The summed E-state index contributed by atoms with van der Waals surface area (Å²) in [5, 5.41) is 7.09. The molecule has 0 amide bonds. The number of anilines is 1. The summed E-state index contributed by atoms with van der Waals surface area (Å²) in [4.78, 5) is 8.38. The Hall–Kier alpha value is -2.09. The Bertz CT molecular complexity index is 511. The maximum atomic E-state index is 5.55. The summed E-state index contributed by atoms with van der Waals surface area (Å²) >= 11 is 3.93. The summed E-state index contributed by atoms with van der Waals surface area (Å²) < 4.78 is 7.07. The molecule has 0 aliphatic heterocycles. The van der Waals surface area contributed by atoms with Crippen LogP contribution < -0.4 is 10.5 Å². The molecule has 17 heavy (non-hydrogen) atoms. The van der Waals surface area contributed by atoms with E-state index in [2.05, 4.69) is 42.5 Å². The zero-order valence-corrected chi connectivity index (χ0v) is 9.63. The molecule has 2 aromatic heterocycles. The average Bonchev–Trinajstić information content (AvgIpc) is 2.78. The molecule has 7 nitrogen and oxygen atoms in total. The molecular weight excluding hydrogens is 240 g/mol. The topological polar surface area (TPSA) is 102 Å². The zero-order chi connectivity index (χ0) is 12.1. The molecule has 2 heterocycles. The number of hydrogen-bond donors (Lipinski definition) is 3. The number of thiol groups is 1. The first kappa shape index (κ1) is 11.4. The lowest BCUT2D eigenvalue weighted by atomic mass is 10.3. The van der Waals surface area contributed by atoms with E-state index < -0.39 is 0 Å². The third-order valence-corrected chi connectivity index (χ3v) is 2.18. The summed E-state index contributed by atoms with van der Waals surface area (Å²) in [7, 11) is 0. The van der Waals surface area contributed by atoms with E-state index in [0.717, 1.165) is 5.69 Å². The predicted octanol–water partition coefficient (Wildman–Crippen LogP) is 0.428. The van der Waals surface area contributed by atoms with Gasteiger partial charge >= 0.3 is 0 Å². The van der Waals surface area contributed by atoms with Crippen LogP contribution in [0.15, 0.2) is 34.0 Å². The molecule has 0 aromatic carbocycles. The predicted molar refractivity (Wildman–Crippen MR) is 65.3 cm³/mol. The number of aromatic nitrogens is 3. The van der Waals surface area contributed by atoms with Gasteiger partial charge in [-0.15, -0.1) is 0 Å². The average molecular weight is 250 g/mol. The second-order valence-corrected chi connectivity index (χ2v) is 3.32. The van der Waals surface area contributed by atoms with Gasteiger partial charge in [-0.3, -0.25) is 9.98 Å². The molecule has 2 rings (SSSR count). The monoisotopic (exact) mass is 250 g/mol. The van der Waals surface area contributed by atoms with Gasteiger partial charge in [-0.1, -0.05) is 18.9 Å². The normalized spacial score (nSPS) is 11.5. The van der Waals surface area contributed by atoms with Crippen LogP contribution in [0.1, 0.15) is 11.4 Å². The number of pyridine rings is 1. The molecule has 0 aliphatic rings. The van der Waals surface area contributed by atoms with E-state index in [1.165, 1.54) is 0 Å². The molecule has 0 saturated heterocycles. The third-order valence-electron chi connectivity index (χ3n) is 1.97. The van der Waals surface area contributed by atoms with Crippen LogP contribution >= 0.6 is 12.8 Å². The van der Waals surface area contributed by atoms with Crippen LogP contribution in [0, 0.1) is 0 Å². The van der Waals surface area contributed by atoms with Crippen molar-refractivity contribution in [2.24, 2.45) is 4.99 Å². The first-order chi connectivity index (χ1) is 8.31. The van der Waals surface area contributed by atoms with Gasteiger partial charge in [-0.05, 0) is 22.4 Å². The number of aliphatic imine (C=N–C) groups is 1. The summed E-state index contributed by atoms with van der Waals surface area (Å²) in [6, 6.07) is 5.59. The maximum Gasteiger partial charge on any atom is 0.199 e. The molecular formula is C9H10N6OS. The molecule has 0 fully saturated rings. The van der Waals surface area contributed by atoms with Crippen molar-refractivity contribution in [3.05, 3.63) is 35.8 Å².